The summed E-state index contributed by atoms with van der Waals surface area (Å²) in [6.07, 6.45) is 2.88. The number of nitrogens with zero attached hydrogens (tertiary/aromatic N) is 5. The van der Waals surface area contributed by atoms with Crippen LogP contribution in [0.25, 0.3) is 0 Å². The zero-order valence-electron chi connectivity index (χ0n) is 22.0. The molecule has 1 aliphatic rings. The molecule has 202 valence electrons. The maximum absolute atomic E-state index is 13.2. The maximum Gasteiger partial charge on any atom is 0.273 e. The highest BCUT2D eigenvalue weighted by Crippen LogP contribution is 2.22. The third kappa shape index (κ3) is 6.52. The quantitative estimate of drug-likeness (QED) is 0.264. The van der Waals surface area contributed by atoms with Gasteiger partial charge in [-0.25, -0.2) is 4.98 Å². The molecule has 2 aromatic carbocycles. The summed E-state index contributed by atoms with van der Waals surface area (Å²) in [5.74, 6) is 0.00124. The van der Waals surface area contributed by atoms with Gasteiger partial charge in [-0.05, 0) is 48.9 Å². The topological polar surface area (TPSA) is 61.7 Å². The van der Waals surface area contributed by atoms with Gasteiger partial charge in [0.2, 0.25) is 0 Å². The zero-order valence-corrected chi connectivity index (χ0v) is 23.6. The molecule has 0 radical (unpaired) electrons. The molecule has 1 fully saturated rings. The first-order valence-corrected chi connectivity index (χ1v) is 14.5. The second kappa shape index (κ2) is 12.5. The van der Waals surface area contributed by atoms with Gasteiger partial charge < -0.3 is 19.3 Å². The molecule has 1 saturated heterocycles. The van der Waals surface area contributed by atoms with Gasteiger partial charge in [-0.2, -0.15) is 0 Å². The van der Waals surface area contributed by atoms with Crippen LogP contribution in [0.3, 0.4) is 0 Å². The predicted molar refractivity (Wildman–Crippen MR) is 157 cm³/mol. The molecule has 1 aliphatic heterocycles. The Bertz CT molecular complexity index is 1410. The molecule has 5 rings (SSSR count). The van der Waals surface area contributed by atoms with E-state index in [-0.39, 0.29) is 11.8 Å². The van der Waals surface area contributed by atoms with E-state index in [1.54, 1.807) is 0 Å². The fraction of sp³-hybridized carbons (Fsp3) is 0.300. The molecule has 3 heterocycles. The van der Waals surface area contributed by atoms with Crippen LogP contribution in [0.2, 0.25) is 5.02 Å². The molecule has 0 saturated carbocycles. The SMILES string of the molecule is CCCN(Cc1cccn1Cc1nc(C(=O)N2CCN(c3cccc(Cl)c3)CC2)cs1)C(=O)c1ccccc1. The molecule has 7 nitrogen and oxygen atoms in total. The molecule has 0 bridgehead atoms. The Morgan fingerprint density at radius 1 is 1.00 bits per heavy atom. The fourth-order valence-corrected chi connectivity index (χ4v) is 5.81. The van der Waals surface area contributed by atoms with E-state index in [1.807, 2.05) is 88.1 Å². The van der Waals surface area contributed by atoms with Crippen LogP contribution in [-0.4, -0.2) is 63.9 Å². The number of carbonyl (C=O) groups excluding carboxylic acids is 2. The van der Waals surface area contributed by atoms with Gasteiger partial charge in [-0.15, -0.1) is 11.3 Å². The average molecular weight is 562 g/mol. The zero-order chi connectivity index (χ0) is 27.2. The summed E-state index contributed by atoms with van der Waals surface area (Å²) in [6, 6.07) is 21.3. The van der Waals surface area contributed by atoms with E-state index >= 15 is 0 Å². The number of benzene rings is 2. The lowest BCUT2D eigenvalue weighted by Crippen LogP contribution is -2.48. The van der Waals surface area contributed by atoms with Crippen molar-refractivity contribution in [3.05, 3.63) is 105 Å². The molecule has 0 unspecified atom stereocenters. The lowest BCUT2D eigenvalue weighted by molar-refractivity contribution is 0.0732. The van der Waals surface area contributed by atoms with Crippen molar-refractivity contribution >= 4 is 40.4 Å². The van der Waals surface area contributed by atoms with E-state index in [0.717, 1.165) is 35.9 Å². The van der Waals surface area contributed by atoms with Crippen LogP contribution in [0.15, 0.2) is 78.3 Å². The van der Waals surface area contributed by atoms with Crippen molar-refractivity contribution in [2.24, 2.45) is 0 Å². The van der Waals surface area contributed by atoms with Crippen LogP contribution in [-0.2, 0) is 13.1 Å². The summed E-state index contributed by atoms with van der Waals surface area (Å²) in [5, 5.41) is 3.43. The Labute approximate surface area is 238 Å². The van der Waals surface area contributed by atoms with Gasteiger partial charge in [-0.1, -0.05) is 42.8 Å². The third-order valence-electron chi connectivity index (χ3n) is 6.89. The van der Waals surface area contributed by atoms with Gasteiger partial charge in [0.1, 0.15) is 10.7 Å². The number of aromatic nitrogens is 2. The Morgan fingerprint density at radius 3 is 2.54 bits per heavy atom. The van der Waals surface area contributed by atoms with Crippen LogP contribution in [0, 0.1) is 0 Å². The summed E-state index contributed by atoms with van der Waals surface area (Å²) < 4.78 is 2.11. The molecule has 0 aliphatic carbocycles. The Morgan fingerprint density at radius 2 is 1.79 bits per heavy atom. The fourth-order valence-electron chi connectivity index (χ4n) is 4.86. The van der Waals surface area contributed by atoms with Crippen molar-refractivity contribution in [2.75, 3.05) is 37.6 Å². The van der Waals surface area contributed by atoms with Crippen molar-refractivity contribution in [3.63, 3.8) is 0 Å². The van der Waals surface area contributed by atoms with E-state index in [4.69, 9.17) is 11.6 Å². The first-order chi connectivity index (χ1) is 19.0. The number of rotatable bonds is 9. The molecule has 9 heteroatoms. The largest absolute Gasteiger partial charge is 0.368 e. The standard InChI is InChI=1S/C30H32ClN5O2S/c1-2-13-36(29(37)23-8-4-3-5-9-23)20-26-12-7-14-35(26)21-28-32-27(22-39-28)30(38)34-17-15-33(16-18-34)25-11-6-10-24(31)19-25/h3-12,14,19,22H,2,13,15-18,20-21H2,1H3. The first-order valence-electron chi connectivity index (χ1n) is 13.2. The van der Waals surface area contributed by atoms with Gasteiger partial charge in [0.15, 0.2) is 0 Å². The minimum absolute atomic E-state index is 0.0291. The third-order valence-corrected chi connectivity index (χ3v) is 7.96. The van der Waals surface area contributed by atoms with Crippen LogP contribution in [0.1, 0.15) is 44.9 Å². The molecular formula is C30H32ClN5O2S. The van der Waals surface area contributed by atoms with Gasteiger partial charge in [0.25, 0.3) is 11.8 Å². The second-order valence-corrected chi connectivity index (χ2v) is 11.0. The molecule has 0 spiro atoms. The highest BCUT2D eigenvalue weighted by atomic mass is 35.5. The Hall–Kier alpha value is -3.62. The van der Waals surface area contributed by atoms with Crippen molar-refractivity contribution in [2.45, 2.75) is 26.4 Å². The molecule has 2 aromatic heterocycles. The summed E-state index contributed by atoms with van der Waals surface area (Å²) in [5.41, 5.74) is 3.30. The smallest absolute Gasteiger partial charge is 0.273 e. The predicted octanol–water partition coefficient (Wildman–Crippen LogP) is 5.66. The van der Waals surface area contributed by atoms with Gasteiger partial charge in [0.05, 0.1) is 13.1 Å². The lowest BCUT2D eigenvalue weighted by atomic mass is 10.2. The van der Waals surface area contributed by atoms with E-state index in [2.05, 4.69) is 21.4 Å². The number of amides is 2. The van der Waals surface area contributed by atoms with Crippen molar-refractivity contribution in [1.82, 2.24) is 19.4 Å². The number of anilines is 1. The van der Waals surface area contributed by atoms with Crippen LogP contribution < -0.4 is 4.90 Å². The molecule has 0 atom stereocenters. The Balaban J connectivity index is 1.20. The van der Waals surface area contributed by atoms with Crippen molar-refractivity contribution < 1.29 is 9.59 Å². The normalized spacial score (nSPS) is 13.5. The van der Waals surface area contributed by atoms with E-state index < -0.39 is 0 Å². The van der Waals surface area contributed by atoms with E-state index in [9.17, 15) is 9.59 Å². The number of piperazine rings is 1. The highest BCUT2D eigenvalue weighted by Gasteiger charge is 2.24. The second-order valence-electron chi connectivity index (χ2n) is 9.61. The number of thiazole rings is 1. The number of hydrogen-bond donors (Lipinski definition) is 0. The van der Waals surface area contributed by atoms with Crippen LogP contribution in [0.4, 0.5) is 5.69 Å². The monoisotopic (exact) mass is 561 g/mol. The summed E-state index contributed by atoms with van der Waals surface area (Å²) in [7, 11) is 0. The van der Waals surface area contributed by atoms with Gasteiger partial charge in [0, 0.05) is 66.3 Å². The summed E-state index contributed by atoms with van der Waals surface area (Å²) in [4.78, 5) is 37.0. The summed E-state index contributed by atoms with van der Waals surface area (Å²) >= 11 is 7.64. The maximum atomic E-state index is 13.2. The highest BCUT2D eigenvalue weighted by molar-refractivity contribution is 7.09. The van der Waals surface area contributed by atoms with Crippen molar-refractivity contribution in [3.8, 4) is 0 Å². The molecule has 39 heavy (non-hydrogen) atoms. The number of hydrogen-bond acceptors (Lipinski definition) is 5. The lowest BCUT2D eigenvalue weighted by Gasteiger charge is -2.35. The minimum Gasteiger partial charge on any atom is -0.368 e. The van der Waals surface area contributed by atoms with Crippen LogP contribution >= 0.6 is 22.9 Å². The number of carbonyl (C=O) groups is 2. The summed E-state index contributed by atoms with van der Waals surface area (Å²) in [6.45, 7) is 6.63. The van der Waals surface area contributed by atoms with E-state index in [0.29, 0.717) is 49.0 Å². The molecule has 0 N–H and O–H groups in total. The average Bonchev–Trinajstić information content (AvgIpc) is 3.62. The van der Waals surface area contributed by atoms with Crippen molar-refractivity contribution in [1.29, 1.82) is 0 Å². The Kier molecular flexibility index (Phi) is 8.64. The molecule has 4 aromatic rings. The molecule has 2 amide bonds. The van der Waals surface area contributed by atoms with E-state index in [1.165, 1.54) is 11.3 Å². The molecular weight excluding hydrogens is 530 g/mol. The number of halogens is 1. The first kappa shape index (κ1) is 27.0. The van der Waals surface area contributed by atoms with Gasteiger partial charge in [-0.3, -0.25) is 9.59 Å². The van der Waals surface area contributed by atoms with Crippen LogP contribution in [0.5, 0.6) is 0 Å². The minimum atomic E-state index is -0.0291. The van der Waals surface area contributed by atoms with Gasteiger partial charge >= 0.3 is 0 Å².